The molecule has 2 rings (SSSR count). The molecule has 0 fully saturated rings. The molecule has 0 saturated heterocycles. The first-order valence-corrected chi connectivity index (χ1v) is 6.85. The Hall–Kier alpha value is -2.42. The van der Waals surface area contributed by atoms with E-state index in [1.165, 1.54) is 5.57 Å². The number of phenolic OH excluding ortho intramolecular Hbond substituents is 1. The molecule has 21 heavy (non-hydrogen) atoms. The summed E-state index contributed by atoms with van der Waals surface area (Å²) in [4.78, 5) is 0. The third-order valence-corrected chi connectivity index (χ3v) is 3.13. The maximum absolute atomic E-state index is 10.2. The summed E-state index contributed by atoms with van der Waals surface area (Å²) in [5.41, 5.74) is 2.87. The van der Waals surface area contributed by atoms with Crippen LogP contribution in [0.15, 0.2) is 46.6 Å². The van der Waals surface area contributed by atoms with Gasteiger partial charge in [-0.1, -0.05) is 17.7 Å². The smallest absolute Gasteiger partial charge is 0.126 e. The second kappa shape index (κ2) is 6.84. The SMILES string of the molecule is COc1cc(/C=C\c2ccco2)cc(O)c1CC=C(C)C. The Balaban J connectivity index is 2.29. The van der Waals surface area contributed by atoms with Gasteiger partial charge >= 0.3 is 0 Å². The molecule has 1 aromatic carbocycles. The maximum atomic E-state index is 10.2. The summed E-state index contributed by atoms with van der Waals surface area (Å²) < 4.78 is 10.6. The predicted molar refractivity (Wildman–Crippen MR) is 85.4 cm³/mol. The normalized spacial score (nSPS) is 10.8. The predicted octanol–water partition coefficient (Wildman–Crippen LogP) is 4.67. The van der Waals surface area contributed by atoms with Crippen LogP contribution in [0.2, 0.25) is 0 Å². The fraction of sp³-hybridized carbons (Fsp3) is 0.222. The van der Waals surface area contributed by atoms with E-state index in [-0.39, 0.29) is 5.75 Å². The summed E-state index contributed by atoms with van der Waals surface area (Å²) in [5, 5.41) is 10.2. The second-order valence-corrected chi connectivity index (χ2v) is 5.06. The van der Waals surface area contributed by atoms with Gasteiger partial charge in [-0.3, -0.25) is 0 Å². The molecular weight excluding hydrogens is 264 g/mol. The van der Waals surface area contributed by atoms with Crippen LogP contribution in [0.25, 0.3) is 12.2 Å². The molecule has 3 nitrogen and oxygen atoms in total. The number of benzene rings is 1. The highest BCUT2D eigenvalue weighted by Crippen LogP contribution is 2.31. The van der Waals surface area contributed by atoms with Crippen molar-refractivity contribution in [3.05, 3.63) is 59.1 Å². The molecule has 0 spiro atoms. The Morgan fingerprint density at radius 1 is 1.29 bits per heavy atom. The highest BCUT2D eigenvalue weighted by Gasteiger charge is 2.09. The number of hydrogen-bond donors (Lipinski definition) is 1. The molecular formula is C18H20O3. The van der Waals surface area contributed by atoms with Crippen LogP contribution in [0.5, 0.6) is 11.5 Å². The average molecular weight is 284 g/mol. The number of ether oxygens (including phenoxy) is 1. The van der Waals surface area contributed by atoms with Gasteiger partial charge in [0.15, 0.2) is 0 Å². The van der Waals surface area contributed by atoms with Crippen LogP contribution < -0.4 is 4.74 Å². The molecule has 0 aliphatic heterocycles. The van der Waals surface area contributed by atoms with Crippen molar-refractivity contribution < 1.29 is 14.3 Å². The summed E-state index contributed by atoms with van der Waals surface area (Å²) in [6.07, 6.45) is 8.07. The zero-order valence-electron chi connectivity index (χ0n) is 12.6. The minimum Gasteiger partial charge on any atom is -0.507 e. The first-order chi connectivity index (χ1) is 10.1. The first kappa shape index (κ1) is 15.0. The molecule has 0 bridgehead atoms. The van der Waals surface area contributed by atoms with Gasteiger partial charge in [0.25, 0.3) is 0 Å². The van der Waals surface area contributed by atoms with E-state index in [0.717, 1.165) is 16.9 Å². The summed E-state index contributed by atoms with van der Waals surface area (Å²) in [6.45, 7) is 4.06. The first-order valence-electron chi connectivity index (χ1n) is 6.85. The van der Waals surface area contributed by atoms with Gasteiger partial charge in [-0.25, -0.2) is 0 Å². The number of aromatic hydroxyl groups is 1. The van der Waals surface area contributed by atoms with Gasteiger partial charge < -0.3 is 14.3 Å². The third-order valence-electron chi connectivity index (χ3n) is 3.13. The molecule has 0 saturated carbocycles. The Morgan fingerprint density at radius 3 is 2.71 bits per heavy atom. The largest absolute Gasteiger partial charge is 0.507 e. The van der Waals surface area contributed by atoms with E-state index in [9.17, 15) is 5.11 Å². The van der Waals surface area contributed by atoms with E-state index in [1.54, 1.807) is 19.4 Å². The molecule has 0 amide bonds. The zero-order valence-corrected chi connectivity index (χ0v) is 12.6. The van der Waals surface area contributed by atoms with Crippen LogP contribution in [-0.2, 0) is 6.42 Å². The fourth-order valence-corrected chi connectivity index (χ4v) is 2.01. The summed E-state index contributed by atoms with van der Waals surface area (Å²) in [7, 11) is 1.61. The van der Waals surface area contributed by atoms with Crippen molar-refractivity contribution in [2.24, 2.45) is 0 Å². The average Bonchev–Trinajstić information content (AvgIpc) is 2.96. The fourth-order valence-electron chi connectivity index (χ4n) is 2.01. The van der Waals surface area contributed by atoms with E-state index >= 15 is 0 Å². The number of rotatable bonds is 5. The molecule has 3 heteroatoms. The Kier molecular flexibility index (Phi) is 4.88. The molecule has 0 aliphatic rings. The topological polar surface area (TPSA) is 42.6 Å². The van der Waals surface area contributed by atoms with E-state index in [2.05, 4.69) is 6.08 Å². The molecule has 0 aliphatic carbocycles. The van der Waals surface area contributed by atoms with Gasteiger partial charge in [0.05, 0.1) is 13.4 Å². The van der Waals surface area contributed by atoms with E-state index < -0.39 is 0 Å². The number of hydrogen-bond acceptors (Lipinski definition) is 3. The molecule has 0 atom stereocenters. The summed E-state index contributed by atoms with van der Waals surface area (Å²) in [5.74, 6) is 1.69. The zero-order chi connectivity index (χ0) is 15.2. The summed E-state index contributed by atoms with van der Waals surface area (Å²) >= 11 is 0. The van der Waals surface area contributed by atoms with Crippen LogP contribution in [0, 0.1) is 0 Å². The van der Waals surface area contributed by atoms with Crippen molar-refractivity contribution >= 4 is 12.2 Å². The van der Waals surface area contributed by atoms with Crippen LogP contribution in [-0.4, -0.2) is 12.2 Å². The number of allylic oxidation sites excluding steroid dienone is 2. The summed E-state index contributed by atoms with van der Waals surface area (Å²) in [6, 6.07) is 7.35. The van der Waals surface area contributed by atoms with Crippen LogP contribution in [0.1, 0.15) is 30.7 Å². The monoisotopic (exact) mass is 284 g/mol. The lowest BCUT2D eigenvalue weighted by Gasteiger charge is -2.10. The second-order valence-electron chi connectivity index (χ2n) is 5.06. The number of furan rings is 1. The molecule has 110 valence electrons. The van der Waals surface area contributed by atoms with Crippen molar-refractivity contribution in [1.29, 1.82) is 0 Å². The van der Waals surface area contributed by atoms with Crippen LogP contribution in [0.3, 0.4) is 0 Å². The minimum absolute atomic E-state index is 0.242. The molecule has 1 aromatic heterocycles. The van der Waals surface area contributed by atoms with Gasteiger partial charge in [-0.05, 0) is 56.2 Å². The highest BCUT2D eigenvalue weighted by atomic mass is 16.5. The van der Waals surface area contributed by atoms with Crippen molar-refractivity contribution in [2.45, 2.75) is 20.3 Å². The molecule has 1 heterocycles. The lowest BCUT2D eigenvalue weighted by Crippen LogP contribution is -1.93. The quantitative estimate of drug-likeness (QED) is 0.811. The van der Waals surface area contributed by atoms with Crippen molar-refractivity contribution in [1.82, 2.24) is 0 Å². The number of phenols is 1. The lowest BCUT2D eigenvalue weighted by atomic mass is 10.0. The number of methoxy groups -OCH3 is 1. The molecule has 1 N–H and O–H groups in total. The Bertz CT molecular complexity index is 645. The molecule has 0 radical (unpaired) electrons. The van der Waals surface area contributed by atoms with Gasteiger partial charge in [0.1, 0.15) is 17.3 Å². The Morgan fingerprint density at radius 2 is 2.10 bits per heavy atom. The van der Waals surface area contributed by atoms with Crippen LogP contribution in [0.4, 0.5) is 0 Å². The maximum Gasteiger partial charge on any atom is 0.126 e. The molecule has 2 aromatic rings. The molecule has 0 unspecified atom stereocenters. The third kappa shape index (κ3) is 4.02. The van der Waals surface area contributed by atoms with Gasteiger partial charge in [-0.15, -0.1) is 0 Å². The highest BCUT2D eigenvalue weighted by molar-refractivity contribution is 5.70. The van der Waals surface area contributed by atoms with Crippen molar-refractivity contribution in [2.75, 3.05) is 7.11 Å². The van der Waals surface area contributed by atoms with Gasteiger partial charge in [0, 0.05) is 5.56 Å². The minimum atomic E-state index is 0.242. The van der Waals surface area contributed by atoms with Gasteiger partial charge in [-0.2, -0.15) is 0 Å². The van der Waals surface area contributed by atoms with E-state index in [0.29, 0.717) is 12.2 Å². The lowest BCUT2D eigenvalue weighted by molar-refractivity contribution is 0.401. The van der Waals surface area contributed by atoms with E-state index in [1.807, 2.05) is 44.2 Å². The van der Waals surface area contributed by atoms with Crippen LogP contribution >= 0.6 is 0 Å². The van der Waals surface area contributed by atoms with E-state index in [4.69, 9.17) is 9.15 Å². The standard InChI is InChI=1S/C18H20O3/c1-13(2)6-9-16-17(19)11-14(12-18(16)20-3)7-8-15-5-4-10-21-15/h4-8,10-12,19H,9H2,1-3H3/b8-7-. The van der Waals surface area contributed by atoms with Crippen molar-refractivity contribution in [3.63, 3.8) is 0 Å². The van der Waals surface area contributed by atoms with Crippen molar-refractivity contribution in [3.8, 4) is 11.5 Å². The Labute approximate surface area is 125 Å². The van der Waals surface area contributed by atoms with Gasteiger partial charge in [0.2, 0.25) is 0 Å².